The van der Waals surface area contributed by atoms with Crippen LogP contribution >= 0.6 is 23.2 Å². The van der Waals surface area contributed by atoms with E-state index in [1.807, 2.05) is 26.0 Å². The molecule has 0 unspecified atom stereocenters. The number of nitrogens with one attached hydrogen (secondary N) is 1. The first-order valence-corrected chi connectivity index (χ1v) is 18.1. The largest absolute Gasteiger partial charge is 0.354 e. The van der Waals surface area contributed by atoms with Crippen molar-refractivity contribution in [2.45, 2.75) is 83.2 Å². The van der Waals surface area contributed by atoms with Crippen LogP contribution in [0.2, 0.25) is 10.0 Å². The minimum absolute atomic E-state index is 0.0797. The summed E-state index contributed by atoms with van der Waals surface area (Å²) in [6, 6.07) is 12.1. The maximum Gasteiger partial charge on any atom is 0.244 e. The molecular formula is C33H43Cl2N3O4S. The van der Waals surface area contributed by atoms with Gasteiger partial charge in [0.05, 0.1) is 22.0 Å². The Morgan fingerprint density at radius 2 is 1.56 bits per heavy atom. The molecule has 4 aliphatic rings. The summed E-state index contributed by atoms with van der Waals surface area (Å²) in [6.45, 7) is 3.93. The van der Waals surface area contributed by atoms with Gasteiger partial charge in [-0.15, -0.1) is 0 Å². The van der Waals surface area contributed by atoms with Crippen LogP contribution in [-0.4, -0.2) is 50.5 Å². The zero-order valence-corrected chi connectivity index (χ0v) is 27.6. The summed E-state index contributed by atoms with van der Waals surface area (Å²) in [7, 11) is -3.81. The number of sulfonamides is 1. The normalized spacial score (nSPS) is 24.9. The Hall–Kier alpha value is -2.29. The van der Waals surface area contributed by atoms with Crippen molar-refractivity contribution in [2.75, 3.05) is 23.7 Å². The highest BCUT2D eigenvalue weighted by molar-refractivity contribution is 7.92. The van der Waals surface area contributed by atoms with Crippen molar-refractivity contribution in [2.24, 2.45) is 17.8 Å². The second-order valence-electron chi connectivity index (χ2n) is 13.0. The van der Waals surface area contributed by atoms with E-state index in [0.29, 0.717) is 34.3 Å². The molecule has 2 amide bonds. The van der Waals surface area contributed by atoms with Gasteiger partial charge in [-0.3, -0.25) is 13.9 Å². The van der Waals surface area contributed by atoms with Crippen LogP contribution in [0.3, 0.4) is 0 Å². The third kappa shape index (κ3) is 7.02. The molecular weight excluding hydrogens is 605 g/mol. The fourth-order valence-electron chi connectivity index (χ4n) is 8.18. The van der Waals surface area contributed by atoms with Gasteiger partial charge in [-0.1, -0.05) is 55.2 Å². The Kier molecular flexibility index (Phi) is 9.69. The van der Waals surface area contributed by atoms with Crippen LogP contribution in [0.4, 0.5) is 5.69 Å². The van der Waals surface area contributed by atoms with Gasteiger partial charge in [0.1, 0.15) is 12.6 Å². The molecule has 1 N–H and O–H groups in total. The number of benzene rings is 2. The van der Waals surface area contributed by atoms with Crippen LogP contribution in [0.5, 0.6) is 0 Å². The average molecular weight is 649 g/mol. The first-order valence-electron chi connectivity index (χ1n) is 15.5. The number of rotatable bonds is 12. The van der Waals surface area contributed by atoms with Gasteiger partial charge in [-0.05, 0) is 110 Å². The highest BCUT2D eigenvalue weighted by Crippen LogP contribution is 2.60. The van der Waals surface area contributed by atoms with Crippen LogP contribution in [-0.2, 0) is 31.6 Å². The van der Waals surface area contributed by atoms with E-state index in [-0.39, 0.29) is 17.9 Å². The first-order chi connectivity index (χ1) is 20.4. The molecule has 2 aromatic carbocycles. The van der Waals surface area contributed by atoms with Gasteiger partial charge in [0.25, 0.3) is 0 Å². The molecule has 234 valence electrons. The van der Waals surface area contributed by atoms with E-state index in [9.17, 15) is 18.0 Å². The summed E-state index contributed by atoms with van der Waals surface area (Å²) in [5.74, 6) is 1.67. The van der Waals surface area contributed by atoms with Crippen LogP contribution in [0.15, 0.2) is 42.5 Å². The van der Waals surface area contributed by atoms with Crippen LogP contribution in [0.25, 0.3) is 0 Å². The zero-order valence-electron chi connectivity index (χ0n) is 25.3. The Morgan fingerprint density at radius 1 is 0.953 bits per heavy atom. The number of amides is 2. The molecule has 1 atom stereocenters. The number of nitrogens with zero attached hydrogens (tertiary/aromatic N) is 2. The fraction of sp³-hybridized carbons (Fsp3) is 0.576. The SMILES string of the molecule is CCCNC(=O)[C@H](CC)N(Cc1ccc(Cl)c(Cl)c1)C(=O)CN(c1ccc(C23CC4CC(CC(C4)C2)C3)cc1)S(C)(=O)=O. The second kappa shape index (κ2) is 13.0. The predicted molar refractivity (Wildman–Crippen MR) is 173 cm³/mol. The highest BCUT2D eigenvalue weighted by Gasteiger charge is 2.51. The predicted octanol–water partition coefficient (Wildman–Crippen LogP) is 6.56. The summed E-state index contributed by atoms with van der Waals surface area (Å²) in [6.07, 6.45) is 9.95. The monoisotopic (exact) mass is 647 g/mol. The van der Waals surface area contributed by atoms with Crippen LogP contribution in [0, 0.1) is 17.8 Å². The van der Waals surface area contributed by atoms with Crippen molar-refractivity contribution < 1.29 is 18.0 Å². The molecule has 7 nitrogen and oxygen atoms in total. The Labute approximate surface area is 266 Å². The third-order valence-electron chi connectivity index (χ3n) is 9.76. The van der Waals surface area contributed by atoms with Crippen molar-refractivity contribution in [1.82, 2.24) is 10.2 Å². The molecule has 6 rings (SSSR count). The maximum atomic E-state index is 14.0. The Morgan fingerprint density at radius 3 is 2.07 bits per heavy atom. The molecule has 4 bridgehead atoms. The zero-order chi connectivity index (χ0) is 30.9. The molecule has 0 radical (unpaired) electrons. The summed E-state index contributed by atoms with van der Waals surface area (Å²) < 4.78 is 27.3. The lowest BCUT2D eigenvalue weighted by atomic mass is 9.48. The number of carbonyl (C=O) groups excluding carboxylic acids is 2. The molecule has 2 aromatic rings. The molecule has 4 fully saturated rings. The number of hydrogen-bond acceptors (Lipinski definition) is 4. The van der Waals surface area contributed by atoms with Crippen LogP contribution in [0.1, 0.15) is 76.3 Å². The third-order valence-corrected chi connectivity index (χ3v) is 11.6. The number of anilines is 1. The smallest absolute Gasteiger partial charge is 0.244 e. The Bertz CT molecular complexity index is 1410. The van der Waals surface area contributed by atoms with E-state index in [4.69, 9.17) is 23.2 Å². The van der Waals surface area contributed by atoms with Gasteiger partial charge >= 0.3 is 0 Å². The van der Waals surface area contributed by atoms with Gasteiger partial charge in [0.2, 0.25) is 21.8 Å². The summed E-state index contributed by atoms with van der Waals surface area (Å²) in [5.41, 5.74) is 2.61. The topological polar surface area (TPSA) is 86.8 Å². The molecule has 0 saturated heterocycles. The fourth-order valence-corrected chi connectivity index (χ4v) is 9.35. The first kappa shape index (κ1) is 32.1. The summed E-state index contributed by atoms with van der Waals surface area (Å²) >= 11 is 12.4. The molecule has 4 aliphatic carbocycles. The van der Waals surface area contributed by atoms with Gasteiger partial charge < -0.3 is 10.2 Å². The molecule has 4 saturated carbocycles. The van der Waals surface area contributed by atoms with E-state index in [2.05, 4.69) is 17.4 Å². The lowest BCUT2D eigenvalue weighted by molar-refractivity contribution is -0.140. The van der Waals surface area contributed by atoms with Crippen molar-refractivity contribution in [3.8, 4) is 0 Å². The standard InChI is InChI=1S/C33H43Cl2N3O4S/c1-4-12-36-32(40)30(5-2)37(20-22-6-11-28(34)29(35)16-22)31(39)21-38(43(3,41)42)27-9-7-26(8-10-27)33-17-23-13-24(18-33)15-25(14-23)19-33/h6-11,16,23-25,30H,4-5,12-15,17-21H2,1-3H3,(H,36,40)/t23?,24?,25?,30-,33?/m0/s1. The quantitative estimate of drug-likeness (QED) is 0.283. The second-order valence-corrected chi connectivity index (χ2v) is 15.7. The van der Waals surface area contributed by atoms with Gasteiger partial charge in [-0.25, -0.2) is 8.42 Å². The highest BCUT2D eigenvalue weighted by atomic mass is 35.5. The van der Waals surface area contributed by atoms with Crippen molar-refractivity contribution in [3.05, 3.63) is 63.6 Å². The van der Waals surface area contributed by atoms with Crippen molar-refractivity contribution in [3.63, 3.8) is 0 Å². The number of carbonyl (C=O) groups is 2. The Balaban J connectivity index is 1.41. The lowest BCUT2D eigenvalue weighted by Crippen LogP contribution is -2.52. The van der Waals surface area contributed by atoms with Gasteiger partial charge in [-0.2, -0.15) is 0 Å². The van der Waals surface area contributed by atoms with E-state index in [0.717, 1.165) is 34.7 Å². The van der Waals surface area contributed by atoms with Crippen molar-refractivity contribution >= 4 is 50.7 Å². The minimum atomic E-state index is -3.81. The summed E-state index contributed by atoms with van der Waals surface area (Å²) in [4.78, 5) is 28.6. The molecule has 0 aliphatic heterocycles. The van der Waals surface area contributed by atoms with Crippen molar-refractivity contribution in [1.29, 1.82) is 0 Å². The van der Waals surface area contributed by atoms with Gasteiger partial charge in [0.15, 0.2) is 0 Å². The van der Waals surface area contributed by atoms with E-state index in [1.165, 1.54) is 49.0 Å². The number of halogens is 2. The van der Waals surface area contributed by atoms with E-state index < -0.39 is 28.5 Å². The van der Waals surface area contributed by atoms with Crippen LogP contribution < -0.4 is 9.62 Å². The molecule has 0 spiro atoms. The van der Waals surface area contributed by atoms with E-state index in [1.54, 1.807) is 18.2 Å². The summed E-state index contributed by atoms with van der Waals surface area (Å²) in [5, 5.41) is 3.61. The molecule has 10 heteroatoms. The average Bonchev–Trinajstić information content (AvgIpc) is 2.95. The molecule has 0 heterocycles. The number of hydrogen-bond donors (Lipinski definition) is 1. The van der Waals surface area contributed by atoms with E-state index >= 15 is 0 Å². The lowest BCUT2D eigenvalue weighted by Gasteiger charge is -2.57. The van der Waals surface area contributed by atoms with Gasteiger partial charge in [0, 0.05) is 13.1 Å². The molecule has 43 heavy (non-hydrogen) atoms. The maximum absolute atomic E-state index is 14.0. The molecule has 0 aromatic heterocycles. The minimum Gasteiger partial charge on any atom is -0.354 e.